The average molecular weight is 177 g/mol. The van der Waals surface area contributed by atoms with Crippen molar-refractivity contribution in [3.05, 3.63) is 23.9 Å². The van der Waals surface area contributed by atoms with Crippen molar-refractivity contribution >= 4 is 11.0 Å². The van der Waals surface area contributed by atoms with Crippen LogP contribution in [0.1, 0.15) is 25.3 Å². The molecule has 13 heavy (non-hydrogen) atoms. The van der Waals surface area contributed by atoms with Crippen LogP contribution in [0.2, 0.25) is 0 Å². The van der Waals surface area contributed by atoms with E-state index in [9.17, 15) is 5.11 Å². The molecule has 3 heteroatoms. The number of fused-ring (bicyclic) bond motifs is 1. The molecule has 0 fully saturated rings. The molecule has 1 heterocycles. The van der Waals surface area contributed by atoms with E-state index in [2.05, 4.69) is 5.16 Å². The van der Waals surface area contributed by atoms with Crippen LogP contribution < -0.4 is 0 Å². The lowest BCUT2D eigenvalue weighted by atomic mass is 10.0. The second-order valence-corrected chi connectivity index (χ2v) is 3.43. The molecular formula is C10H11NO2. The summed E-state index contributed by atoms with van der Waals surface area (Å²) in [4.78, 5) is 0. The van der Waals surface area contributed by atoms with E-state index in [0.29, 0.717) is 11.5 Å². The van der Waals surface area contributed by atoms with Gasteiger partial charge in [-0.25, -0.2) is 0 Å². The van der Waals surface area contributed by atoms with E-state index in [1.165, 1.54) is 0 Å². The predicted molar refractivity (Wildman–Crippen MR) is 49.8 cm³/mol. The fraction of sp³-hybridized carbons (Fsp3) is 0.300. The monoisotopic (exact) mass is 177 g/mol. The van der Waals surface area contributed by atoms with Crippen molar-refractivity contribution in [1.29, 1.82) is 0 Å². The van der Waals surface area contributed by atoms with Gasteiger partial charge in [0.15, 0.2) is 5.58 Å². The minimum absolute atomic E-state index is 0.277. The first-order valence-corrected chi connectivity index (χ1v) is 4.26. The summed E-state index contributed by atoms with van der Waals surface area (Å²) in [6.45, 7) is 4.07. The second-order valence-electron chi connectivity index (χ2n) is 3.43. The van der Waals surface area contributed by atoms with Crippen molar-refractivity contribution < 1.29 is 9.63 Å². The van der Waals surface area contributed by atoms with E-state index in [1.807, 2.05) is 19.9 Å². The summed E-state index contributed by atoms with van der Waals surface area (Å²) in [6.07, 6.45) is 1.65. The number of benzene rings is 1. The quantitative estimate of drug-likeness (QED) is 0.728. The largest absolute Gasteiger partial charge is 0.508 e. The SMILES string of the molecule is CC(C)c1cc2cnoc2cc1O. The zero-order valence-electron chi connectivity index (χ0n) is 7.61. The van der Waals surface area contributed by atoms with Gasteiger partial charge in [0, 0.05) is 11.5 Å². The number of aromatic nitrogens is 1. The zero-order chi connectivity index (χ0) is 9.42. The Kier molecular flexibility index (Phi) is 1.72. The standard InChI is InChI=1S/C10H11NO2/c1-6(2)8-3-7-5-11-13-10(7)4-9(8)12/h3-6,12H,1-2H3. The van der Waals surface area contributed by atoms with Gasteiger partial charge in [0.2, 0.25) is 0 Å². The lowest BCUT2D eigenvalue weighted by Crippen LogP contribution is -1.87. The Hall–Kier alpha value is -1.51. The molecule has 0 aliphatic rings. The maximum atomic E-state index is 9.61. The highest BCUT2D eigenvalue weighted by Gasteiger charge is 2.09. The number of phenols is 1. The van der Waals surface area contributed by atoms with Gasteiger partial charge in [0.05, 0.1) is 6.20 Å². The molecule has 2 rings (SSSR count). The van der Waals surface area contributed by atoms with E-state index in [-0.39, 0.29) is 5.75 Å². The summed E-state index contributed by atoms with van der Waals surface area (Å²) < 4.78 is 4.92. The van der Waals surface area contributed by atoms with Crippen LogP contribution in [0.5, 0.6) is 5.75 Å². The van der Waals surface area contributed by atoms with Crippen LogP contribution in [0.3, 0.4) is 0 Å². The van der Waals surface area contributed by atoms with Crippen molar-refractivity contribution in [3.8, 4) is 5.75 Å². The van der Waals surface area contributed by atoms with Crippen LogP contribution in [0.4, 0.5) is 0 Å². The van der Waals surface area contributed by atoms with E-state index < -0.39 is 0 Å². The van der Waals surface area contributed by atoms with Crippen LogP contribution in [-0.4, -0.2) is 10.3 Å². The van der Waals surface area contributed by atoms with Crippen LogP contribution in [-0.2, 0) is 0 Å². The van der Waals surface area contributed by atoms with E-state index >= 15 is 0 Å². The summed E-state index contributed by atoms with van der Waals surface area (Å²) in [6, 6.07) is 3.52. The van der Waals surface area contributed by atoms with Gasteiger partial charge in [-0.05, 0) is 17.5 Å². The number of rotatable bonds is 1. The van der Waals surface area contributed by atoms with Crippen molar-refractivity contribution in [2.45, 2.75) is 19.8 Å². The third kappa shape index (κ3) is 1.26. The van der Waals surface area contributed by atoms with Crippen molar-refractivity contribution in [2.75, 3.05) is 0 Å². The summed E-state index contributed by atoms with van der Waals surface area (Å²) >= 11 is 0. The molecule has 3 nitrogen and oxygen atoms in total. The first-order chi connectivity index (χ1) is 6.18. The number of aromatic hydroxyl groups is 1. The molecular weight excluding hydrogens is 166 g/mol. The zero-order valence-corrected chi connectivity index (χ0v) is 7.61. The fourth-order valence-electron chi connectivity index (χ4n) is 1.39. The van der Waals surface area contributed by atoms with Gasteiger partial charge in [0.1, 0.15) is 5.75 Å². The Balaban J connectivity index is 2.69. The average Bonchev–Trinajstić information content (AvgIpc) is 2.48. The Morgan fingerprint density at radius 2 is 2.15 bits per heavy atom. The highest BCUT2D eigenvalue weighted by molar-refractivity contribution is 5.79. The van der Waals surface area contributed by atoms with Crippen LogP contribution in [0.25, 0.3) is 11.0 Å². The molecule has 0 atom stereocenters. The fourth-order valence-corrected chi connectivity index (χ4v) is 1.39. The summed E-state index contributed by atoms with van der Waals surface area (Å²) in [5.74, 6) is 0.582. The first kappa shape index (κ1) is 8.10. The Morgan fingerprint density at radius 3 is 2.85 bits per heavy atom. The van der Waals surface area contributed by atoms with Gasteiger partial charge in [0.25, 0.3) is 0 Å². The topological polar surface area (TPSA) is 46.3 Å². The summed E-state index contributed by atoms with van der Waals surface area (Å²) in [7, 11) is 0. The lowest BCUT2D eigenvalue weighted by Gasteiger charge is -2.06. The van der Waals surface area contributed by atoms with Crippen LogP contribution in [0, 0.1) is 0 Å². The van der Waals surface area contributed by atoms with Crippen molar-refractivity contribution in [1.82, 2.24) is 5.16 Å². The summed E-state index contributed by atoms with van der Waals surface area (Å²) in [5, 5.41) is 14.2. The van der Waals surface area contributed by atoms with Crippen molar-refractivity contribution in [2.24, 2.45) is 0 Å². The maximum Gasteiger partial charge on any atom is 0.170 e. The van der Waals surface area contributed by atoms with E-state index in [1.54, 1.807) is 12.3 Å². The molecule has 0 aliphatic heterocycles. The number of nitrogens with zero attached hydrogens (tertiary/aromatic N) is 1. The van der Waals surface area contributed by atoms with Gasteiger partial charge in [-0.1, -0.05) is 19.0 Å². The third-order valence-corrected chi connectivity index (χ3v) is 2.12. The second kappa shape index (κ2) is 2.76. The highest BCUT2D eigenvalue weighted by atomic mass is 16.5. The first-order valence-electron chi connectivity index (χ1n) is 4.26. The van der Waals surface area contributed by atoms with Gasteiger partial charge < -0.3 is 9.63 Å². The van der Waals surface area contributed by atoms with Crippen LogP contribution in [0.15, 0.2) is 22.9 Å². The summed E-state index contributed by atoms with van der Waals surface area (Å²) in [5.41, 5.74) is 1.55. The molecule has 0 bridgehead atoms. The number of hydrogen-bond donors (Lipinski definition) is 1. The molecule has 0 aliphatic carbocycles. The minimum atomic E-state index is 0.277. The molecule has 2 aromatic rings. The molecule has 0 saturated heterocycles. The van der Waals surface area contributed by atoms with Crippen LogP contribution >= 0.6 is 0 Å². The normalized spacial score (nSPS) is 11.3. The number of hydrogen-bond acceptors (Lipinski definition) is 3. The maximum absolute atomic E-state index is 9.61. The molecule has 0 radical (unpaired) electrons. The highest BCUT2D eigenvalue weighted by Crippen LogP contribution is 2.29. The minimum Gasteiger partial charge on any atom is -0.508 e. The molecule has 68 valence electrons. The molecule has 1 aromatic heterocycles. The Bertz CT molecular complexity index is 431. The molecule has 1 aromatic carbocycles. The molecule has 1 N–H and O–H groups in total. The Labute approximate surface area is 76.0 Å². The Morgan fingerprint density at radius 1 is 1.38 bits per heavy atom. The van der Waals surface area contributed by atoms with Gasteiger partial charge in [-0.3, -0.25) is 0 Å². The van der Waals surface area contributed by atoms with E-state index in [0.717, 1.165) is 10.9 Å². The molecule has 0 amide bonds. The van der Waals surface area contributed by atoms with E-state index in [4.69, 9.17) is 4.52 Å². The molecule has 0 unspecified atom stereocenters. The lowest BCUT2D eigenvalue weighted by molar-refractivity contribution is 0.446. The van der Waals surface area contributed by atoms with Gasteiger partial charge in [-0.15, -0.1) is 0 Å². The molecule has 0 saturated carbocycles. The third-order valence-electron chi connectivity index (χ3n) is 2.12. The number of phenolic OH excluding ortho intramolecular Hbond substituents is 1. The van der Waals surface area contributed by atoms with Gasteiger partial charge in [-0.2, -0.15) is 0 Å². The predicted octanol–water partition coefficient (Wildman–Crippen LogP) is 2.66. The molecule has 0 spiro atoms. The van der Waals surface area contributed by atoms with Crippen molar-refractivity contribution in [3.63, 3.8) is 0 Å². The van der Waals surface area contributed by atoms with Gasteiger partial charge >= 0.3 is 0 Å². The smallest absolute Gasteiger partial charge is 0.170 e.